The van der Waals surface area contributed by atoms with Crippen molar-refractivity contribution in [2.45, 2.75) is 57.7 Å². The summed E-state index contributed by atoms with van der Waals surface area (Å²) in [7, 11) is -0.0884. The van der Waals surface area contributed by atoms with Gasteiger partial charge in [-0.2, -0.15) is 0 Å². The zero-order valence-corrected chi connectivity index (χ0v) is 19.5. The van der Waals surface area contributed by atoms with E-state index in [9.17, 15) is 24.3 Å². The van der Waals surface area contributed by atoms with Crippen molar-refractivity contribution < 1.29 is 29.0 Å². The molecule has 0 saturated carbocycles. The summed E-state index contributed by atoms with van der Waals surface area (Å²) in [4.78, 5) is 48.5. The summed E-state index contributed by atoms with van der Waals surface area (Å²) < 4.78 is 5.22. The highest BCUT2D eigenvalue weighted by Gasteiger charge is 2.27. The molecule has 1 aromatic carbocycles. The van der Waals surface area contributed by atoms with Crippen LogP contribution in [-0.2, 0) is 36.4 Å². The number of carbonyl (C=O) groups is 4. The number of amides is 2. The molecule has 0 aliphatic heterocycles. The zero-order chi connectivity index (χ0) is 23.6. The number of carboxylic acids is 1. The van der Waals surface area contributed by atoms with E-state index in [2.05, 4.69) is 10.6 Å². The van der Waals surface area contributed by atoms with E-state index in [1.165, 1.54) is 0 Å². The summed E-state index contributed by atoms with van der Waals surface area (Å²) in [6.07, 6.45) is 3.14. The number of Topliss-reactive ketones (excluding diaryl/α,β-unsaturated/α-hetero) is 1. The van der Waals surface area contributed by atoms with Crippen LogP contribution in [0.4, 0.5) is 4.79 Å². The van der Waals surface area contributed by atoms with Crippen molar-refractivity contribution in [3.8, 4) is 0 Å². The Balaban J connectivity index is 2.88. The maximum absolute atomic E-state index is 12.8. The summed E-state index contributed by atoms with van der Waals surface area (Å²) in [5.74, 6) is -1.88. The van der Waals surface area contributed by atoms with Crippen molar-refractivity contribution in [3.05, 3.63) is 35.9 Å². The van der Waals surface area contributed by atoms with Crippen LogP contribution in [0, 0.1) is 0 Å². The Kier molecular flexibility index (Phi) is 10.5. The smallest absolute Gasteiger partial charge is 0.408 e. The van der Waals surface area contributed by atoms with Gasteiger partial charge in [0, 0.05) is 12.8 Å². The molecule has 1 rings (SSSR count). The molecule has 0 saturated heterocycles. The maximum Gasteiger partial charge on any atom is 0.408 e. The van der Waals surface area contributed by atoms with E-state index in [1.807, 2.05) is 18.6 Å². The van der Waals surface area contributed by atoms with Gasteiger partial charge in [0.05, 0.1) is 24.5 Å². The first-order chi connectivity index (χ1) is 14.4. The lowest BCUT2D eigenvalue weighted by molar-refractivity contribution is -0.308. The van der Waals surface area contributed by atoms with E-state index in [4.69, 9.17) is 4.74 Å². The number of carboxylic acid groups (broad SMARTS) is 1. The molecule has 0 radical (unpaired) electrons. The van der Waals surface area contributed by atoms with E-state index in [-0.39, 0.29) is 35.9 Å². The highest BCUT2D eigenvalue weighted by molar-refractivity contribution is 7.96. The third-order valence-corrected chi connectivity index (χ3v) is 4.95. The Bertz CT molecular complexity index is 761. The average Bonchev–Trinajstić information content (AvgIpc) is 2.62. The summed E-state index contributed by atoms with van der Waals surface area (Å²) in [6.45, 7) is 5.08. The Morgan fingerprint density at radius 2 is 1.65 bits per heavy atom. The van der Waals surface area contributed by atoms with Gasteiger partial charge in [-0.15, -0.1) is 0 Å². The molecular weight excluding hydrogens is 420 g/mol. The van der Waals surface area contributed by atoms with Crippen LogP contribution in [0.1, 0.15) is 39.2 Å². The second-order valence-corrected chi connectivity index (χ2v) is 10.7. The van der Waals surface area contributed by atoms with Gasteiger partial charge in [0.2, 0.25) is 5.91 Å². The van der Waals surface area contributed by atoms with Gasteiger partial charge < -0.3 is 25.3 Å². The second kappa shape index (κ2) is 12.3. The fraction of sp³-hybridized carbons (Fsp3) is 0.545. The Morgan fingerprint density at radius 3 is 2.16 bits per heavy atom. The van der Waals surface area contributed by atoms with Gasteiger partial charge in [-0.25, -0.2) is 4.79 Å². The highest BCUT2D eigenvalue weighted by Crippen LogP contribution is 2.09. The van der Waals surface area contributed by atoms with Crippen LogP contribution in [-0.4, -0.2) is 59.7 Å². The Labute approximate surface area is 186 Å². The first-order valence-electron chi connectivity index (χ1n) is 9.98. The SMILES string of the molecule is C[S+](C)CC(=O)CCC(NC(=O)C(Cc1ccccc1)NC(=O)OC(C)(C)C)C(=O)[O-]. The third kappa shape index (κ3) is 11.4. The number of nitrogens with one attached hydrogen (secondary N) is 2. The first-order valence-corrected chi connectivity index (χ1v) is 12.2. The number of benzene rings is 1. The Morgan fingerprint density at radius 1 is 1.03 bits per heavy atom. The van der Waals surface area contributed by atoms with Crippen LogP contribution in [0.5, 0.6) is 0 Å². The molecule has 1 aromatic rings. The predicted molar refractivity (Wildman–Crippen MR) is 119 cm³/mol. The van der Waals surface area contributed by atoms with E-state index in [0.29, 0.717) is 5.75 Å². The maximum atomic E-state index is 12.8. The van der Waals surface area contributed by atoms with Crippen molar-refractivity contribution in [1.29, 1.82) is 0 Å². The van der Waals surface area contributed by atoms with Crippen LogP contribution < -0.4 is 15.7 Å². The van der Waals surface area contributed by atoms with Crippen molar-refractivity contribution in [2.75, 3.05) is 18.3 Å². The molecule has 0 fully saturated rings. The quantitative estimate of drug-likeness (QED) is 0.473. The molecule has 8 nitrogen and oxygen atoms in total. The van der Waals surface area contributed by atoms with Gasteiger partial charge in [-0.1, -0.05) is 30.3 Å². The predicted octanol–water partition coefficient (Wildman–Crippen LogP) is 0.584. The molecule has 2 unspecified atom stereocenters. The van der Waals surface area contributed by atoms with Crippen molar-refractivity contribution in [3.63, 3.8) is 0 Å². The minimum absolute atomic E-state index is 0.0208. The number of alkyl carbamates (subject to hydrolysis) is 1. The molecule has 0 aliphatic carbocycles. The lowest BCUT2D eigenvalue weighted by Crippen LogP contribution is -2.55. The molecule has 31 heavy (non-hydrogen) atoms. The first kappa shape index (κ1) is 26.5. The number of hydrogen-bond acceptors (Lipinski definition) is 6. The normalized spacial score (nSPS) is 13.2. The lowest BCUT2D eigenvalue weighted by Gasteiger charge is -2.26. The highest BCUT2D eigenvalue weighted by atomic mass is 32.2. The molecule has 0 aliphatic rings. The standard InChI is InChI=1S/C22H32N2O6S/c1-22(2,3)30-21(29)24-18(13-15-9-7-6-8-10-15)19(26)23-17(20(27)28)12-11-16(25)14-31(4)5/h6-10,17-18H,11-14H2,1-5H3,(H2-,23,24,26,27,28,29). The minimum atomic E-state index is -1.48. The molecule has 0 spiro atoms. The topological polar surface area (TPSA) is 125 Å². The van der Waals surface area contributed by atoms with Crippen LogP contribution in [0.25, 0.3) is 0 Å². The van der Waals surface area contributed by atoms with E-state index in [1.54, 1.807) is 45.0 Å². The van der Waals surface area contributed by atoms with Crippen LogP contribution in [0.15, 0.2) is 30.3 Å². The number of aliphatic carboxylic acids is 1. The molecule has 0 aromatic heterocycles. The molecule has 2 amide bonds. The van der Waals surface area contributed by atoms with E-state index < -0.39 is 35.7 Å². The number of carbonyl (C=O) groups excluding carboxylic acids is 4. The number of rotatable bonds is 11. The van der Waals surface area contributed by atoms with Crippen LogP contribution >= 0.6 is 0 Å². The molecular formula is C22H32N2O6S. The summed E-state index contributed by atoms with van der Waals surface area (Å²) in [6, 6.07) is 6.58. The van der Waals surface area contributed by atoms with E-state index in [0.717, 1.165) is 5.56 Å². The van der Waals surface area contributed by atoms with Gasteiger partial charge in [0.1, 0.15) is 11.6 Å². The summed E-state index contributed by atoms with van der Waals surface area (Å²) in [5.41, 5.74) is 0.0137. The van der Waals surface area contributed by atoms with Gasteiger partial charge in [0.25, 0.3) is 0 Å². The second-order valence-electron chi connectivity index (χ2n) is 8.48. The van der Waals surface area contributed by atoms with Crippen LogP contribution in [0.3, 0.4) is 0 Å². The minimum Gasteiger partial charge on any atom is -0.548 e. The summed E-state index contributed by atoms with van der Waals surface area (Å²) in [5, 5.41) is 16.4. The van der Waals surface area contributed by atoms with Gasteiger partial charge in [-0.3, -0.25) is 9.59 Å². The van der Waals surface area contributed by atoms with Crippen molar-refractivity contribution >= 4 is 34.6 Å². The molecule has 0 heterocycles. The Hall–Kier alpha value is -2.55. The van der Waals surface area contributed by atoms with Gasteiger partial charge >= 0.3 is 6.09 Å². The molecule has 2 atom stereocenters. The fourth-order valence-corrected chi connectivity index (χ4v) is 3.52. The monoisotopic (exact) mass is 452 g/mol. The van der Waals surface area contributed by atoms with Crippen molar-refractivity contribution in [2.24, 2.45) is 0 Å². The third-order valence-electron chi connectivity index (χ3n) is 4.05. The largest absolute Gasteiger partial charge is 0.548 e. The number of ketones is 1. The average molecular weight is 453 g/mol. The molecule has 9 heteroatoms. The zero-order valence-electron chi connectivity index (χ0n) is 18.7. The van der Waals surface area contributed by atoms with Gasteiger partial charge in [-0.05, 0) is 43.7 Å². The molecule has 2 N–H and O–H groups in total. The van der Waals surface area contributed by atoms with E-state index >= 15 is 0 Å². The summed E-state index contributed by atoms with van der Waals surface area (Å²) >= 11 is 0. The van der Waals surface area contributed by atoms with Crippen LogP contribution in [0.2, 0.25) is 0 Å². The lowest BCUT2D eigenvalue weighted by atomic mass is 10.0. The molecule has 172 valence electrons. The number of ether oxygens (including phenoxy) is 1. The fourth-order valence-electron chi connectivity index (χ4n) is 2.73. The van der Waals surface area contributed by atoms with Gasteiger partial charge in [0.15, 0.2) is 11.5 Å². The molecule has 0 bridgehead atoms. The van der Waals surface area contributed by atoms with Crippen molar-refractivity contribution in [1.82, 2.24) is 10.6 Å². The number of hydrogen-bond donors (Lipinski definition) is 2.